The Morgan fingerprint density at radius 2 is 1.10 bits per heavy atom. The van der Waals surface area contributed by atoms with E-state index >= 15 is 0 Å². The topological polar surface area (TPSA) is 24.9 Å². The molecule has 0 saturated heterocycles. The van der Waals surface area contributed by atoms with Crippen molar-refractivity contribution in [3.05, 3.63) is 47.1 Å². The van der Waals surface area contributed by atoms with Gasteiger partial charge in [-0.05, 0) is 154 Å². The SMILES string of the molecule is C=C(C)[C@@H]1CCC(C)=C[C@H]1c1c(OCCCCN(CCCC)CCCC)cc(CCCCC)cc1OCCCCN(CCCC)CCCC. The number of ether oxygens (including phenoxy) is 2. The van der Waals surface area contributed by atoms with Gasteiger partial charge in [-0.1, -0.05) is 96.9 Å². The Labute approximate surface area is 305 Å². The third-order valence-electron chi connectivity index (χ3n) is 10.5. The molecule has 0 bridgehead atoms. The molecular weight excluding hydrogens is 601 g/mol. The van der Waals surface area contributed by atoms with Gasteiger partial charge in [0.2, 0.25) is 0 Å². The van der Waals surface area contributed by atoms with E-state index in [1.54, 1.807) is 0 Å². The average molecular weight is 681 g/mol. The second kappa shape index (κ2) is 26.9. The number of hydrogen-bond donors (Lipinski definition) is 0. The maximum absolute atomic E-state index is 6.86. The van der Waals surface area contributed by atoms with E-state index in [1.165, 1.54) is 145 Å². The first-order valence-corrected chi connectivity index (χ1v) is 21.1. The normalized spacial score (nSPS) is 16.4. The van der Waals surface area contributed by atoms with Crippen LogP contribution in [0.2, 0.25) is 0 Å². The van der Waals surface area contributed by atoms with Crippen LogP contribution >= 0.6 is 0 Å². The fourth-order valence-electron chi connectivity index (χ4n) is 7.29. The van der Waals surface area contributed by atoms with Crippen LogP contribution in [-0.2, 0) is 6.42 Å². The number of benzene rings is 1. The average Bonchev–Trinajstić information content (AvgIpc) is 3.09. The number of unbranched alkanes of at least 4 members (excludes halogenated alkanes) is 8. The molecule has 1 aliphatic rings. The number of nitrogens with zero attached hydrogens (tertiary/aromatic N) is 2. The van der Waals surface area contributed by atoms with Crippen molar-refractivity contribution in [3.8, 4) is 11.5 Å². The number of allylic oxidation sites excluding steroid dienone is 3. The molecule has 0 saturated carbocycles. The fourth-order valence-corrected chi connectivity index (χ4v) is 7.29. The molecule has 282 valence electrons. The van der Waals surface area contributed by atoms with Crippen molar-refractivity contribution in [1.82, 2.24) is 9.80 Å². The van der Waals surface area contributed by atoms with Crippen LogP contribution in [0.15, 0.2) is 35.9 Å². The Bertz CT molecular complexity index is 966. The standard InChI is InChI=1S/C45H80N2O2/c1-9-14-19-24-40-36-43(48-33-22-20-31-46(27-15-10-2)28-16-11-3)45(42-35-39(8)25-26-41(42)38(6)7)44(37-40)49-34-23-21-32-47(29-17-12-4)30-18-13-5/h35-37,41-42H,6,9-34H2,1-5,7-8H3/t41-,42+/m0/s1. The molecule has 1 aromatic carbocycles. The van der Waals surface area contributed by atoms with Gasteiger partial charge in [0, 0.05) is 11.5 Å². The second-order valence-corrected chi connectivity index (χ2v) is 15.2. The molecule has 0 aromatic heterocycles. The number of hydrogen-bond acceptors (Lipinski definition) is 4. The lowest BCUT2D eigenvalue weighted by molar-refractivity contribution is 0.237. The Morgan fingerprint density at radius 1 is 0.653 bits per heavy atom. The lowest BCUT2D eigenvalue weighted by Crippen LogP contribution is -2.27. The molecule has 1 aromatic rings. The Morgan fingerprint density at radius 3 is 1.53 bits per heavy atom. The zero-order valence-corrected chi connectivity index (χ0v) is 33.7. The smallest absolute Gasteiger partial charge is 0.127 e. The Balaban J connectivity index is 2.29. The van der Waals surface area contributed by atoms with Crippen LogP contribution in [0.5, 0.6) is 11.5 Å². The quantitative estimate of drug-likeness (QED) is 0.0596. The minimum atomic E-state index is 0.248. The van der Waals surface area contributed by atoms with Gasteiger partial charge in [0.05, 0.1) is 13.2 Å². The molecule has 0 heterocycles. The molecule has 2 atom stereocenters. The van der Waals surface area contributed by atoms with Crippen LogP contribution in [0.1, 0.15) is 175 Å². The number of rotatable bonds is 30. The largest absolute Gasteiger partial charge is 0.493 e. The van der Waals surface area contributed by atoms with E-state index in [2.05, 4.69) is 83.1 Å². The summed E-state index contributed by atoms with van der Waals surface area (Å²) < 4.78 is 13.7. The summed E-state index contributed by atoms with van der Waals surface area (Å²) in [5.74, 6) is 2.78. The van der Waals surface area contributed by atoms with E-state index in [4.69, 9.17) is 9.47 Å². The molecule has 0 radical (unpaired) electrons. The van der Waals surface area contributed by atoms with Gasteiger partial charge < -0.3 is 19.3 Å². The predicted octanol–water partition coefficient (Wildman–Crippen LogP) is 12.6. The highest BCUT2D eigenvalue weighted by atomic mass is 16.5. The first-order valence-electron chi connectivity index (χ1n) is 21.1. The van der Waals surface area contributed by atoms with Crippen LogP contribution in [0.3, 0.4) is 0 Å². The van der Waals surface area contributed by atoms with Crippen molar-refractivity contribution < 1.29 is 9.47 Å². The van der Waals surface area contributed by atoms with Gasteiger partial charge in [-0.25, -0.2) is 0 Å². The molecule has 0 unspecified atom stereocenters. The summed E-state index contributed by atoms with van der Waals surface area (Å²) in [6.07, 6.45) is 24.4. The van der Waals surface area contributed by atoms with E-state index in [1.807, 2.05) is 0 Å². The highest BCUT2D eigenvalue weighted by Gasteiger charge is 2.31. The molecule has 49 heavy (non-hydrogen) atoms. The van der Waals surface area contributed by atoms with Gasteiger partial charge in [0.1, 0.15) is 11.5 Å². The van der Waals surface area contributed by atoms with Crippen molar-refractivity contribution in [2.24, 2.45) is 5.92 Å². The summed E-state index contributed by atoms with van der Waals surface area (Å²) in [5, 5.41) is 0. The van der Waals surface area contributed by atoms with Crippen LogP contribution in [0, 0.1) is 5.92 Å². The summed E-state index contributed by atoms with van der Waals surface area (Å²) in [6, 6.07) is 4.75. The van der Waals surface area contributed by atoms with Crippen molar-refractivity contribution in [2.45, 2.75) is 170 Å². The maximum Gasteiger partial charge on any atom is 0.127 e. The molecule has 4 heteroatoms. The Kier molecular flexibility index (Phi) is 23.9. The van der Waals surface area contributed by atoms with Crippen LogP contribution in [0.4, 0.5) is 0 Å². The summed E-state index contributed by atoms with van der Waals surface area (Å²) >= 11 is 0. The summed E-state index contributed by atoms with van der Waals surface area (Å²) in [6.45, 7) is 29.3. The molecule has 2 rings (SSSR count). The summed E-state index contributed by atoms with van der Waals surface area (Å²) in [7, 11) is 0. The van der Waals surface area contributed by atoms with Gasteiger partial charge in [-0.2, -0.15) is 0 Å². The lowest BCUT2D eigenvalue weighted by Gasteiger charge is -2.33. The van der Waals surface area contributed by atoms with E-state index in [0.717, 1.165) is 56.8 Å². The minimum absolute atomic E-state index is 0.248. The third-order valence-corrected chi connectivity index (χ3v) is 10.5. The van der Waals surface area contributed by atoms with Gasteiger partial charge in [0.15, 0.2) is 0 Å². The molecule has 0 fully saturated rings. The van der Waals surface area contributed by atoms with Gasteiger partial charge in [-0.3, -0.25) is 0 Å². The molecule has 1 aliphatic carbocycles. The van der Waals surface area contributed by atoms with Crippen LogP contribution in [-0.4, -0.2) is 62.3 Å². The molecule has 0 aliphatic heterocycles. The molecular formula is C45H80N2O2. The molecule has 0 spiro atoms. The predicted molar refractivity (Wildman–Crippen MR) is 216 cm³/mol. The summed E-state index contributed by atoms with van der Waals surface area (Å²) in [4.78, 5) is 5.36. The van der Waals surface area contributed by atoms with Crippen LogP contribution in [0.25, 0.3) is 0 Å². The lowest BCUT2D eigenvalue weighted by atomic mass is 9.73. The van der Waals surface area contributed by atoms with Crippen molar-refractivity contribution in [1.29, 1.82) is 0 Å². The van der Waals surface area contributed by atoms with Gasteiger partial charge >= 0.3 is 0 Å². The van der Waals surface area contributed by atoms with E-state index in [9.17, 15) is 0 Å². The van der Waals surface area contributed by atoms with Gasteiger partial charge in [-0.15, -0.1) is 0 Å². The third kappa shape index (κ3) is 17.3. The fraction of sp³-hybridized carbons (Fsp3) is 0.778. The zero-order valence-electron chi connectivity index (χ0n) is 33.7. The maximum atomic E-state index is 6.86. The monoisotopic (exact) mass is 681 g/mol. The van der Waals surface area contributed by atoms with E-state index < -0.39 is 0 Å². The van der Waals surface area contributed by atoms with Crippen molar-refractivity contribution >= 4 is 0 Å². The van der Waals surface area contributed by atoms with Gasteiger partial charge in [0.25, 0.3) is 0 Å². The Hall–Kier alpha value is -1.78. The number of aryl methyl sites for hydroxylation is 1. The molecule has 0 amide bonds. The second-order valence-electron chi connectivity index (χ2n) is 15.2. The zero-order chi connectivity index (χ0) is 35.7. The van der Waals surface area contributed by atoms with Crippen molar-refractivity contribution in [2.75, 3.05) is 52.5 Å². The summed E-state index contributed by atoms with van der Waals surface area (Å²) in [5.41, 5.74) is 5.38. The first kappa shape index (κ1) is 43.4. The highest BCUT2D eigenvalue weighted by molar-refractivity contribution is 5.53. The molecule has 4 nitrogen and oxygen atoms in total. The highest BCUT2D eigenvalue weighted by Crippen LogP contribution is 2.47. The van der Waals surface area contributed by atoms with Crippen LogP contribution < -0.4 is 9.47 Å². The molecule has 0 N–H and O–H groups in total. The van der Waals surface area contributed by atoms with E-state index in [-0.39, 0.29) is 5.92 Å². The minimum Gasteiger partial charge on any atom is -0.493 e. The van der Waals surface area contributed by atoms with E-state index in [0.29, 0.717) is 5.92 Å². The first-order chi connectivity index (χ1) is 23.9. The van der Waals surface area contributed by atoms with Crippen molar-refractivity contribution in [3.63, 3.8) is 0 Å².